The summed E-state index contributed by atoms with van der Waals surface area (Å²) in [6.45, 7) is -4.88. The summed E-state index contributed by atoms with van der Waals surface area (Å²) in [5.41, 5.74) is -4.22. The van der Waals surface area contributed by atoms with E-state index in [1.54, 1.807) is 0 Å². The van der Waals surface area contributed by atoms with Gasteiger partial charge in [-0.25, -0.2) is 26.3 Å². The molecular formula is C6H6F8. The van der Waals surface area contributed by atoms with E-state index >= 15 is 0 Å². The molecule has 0 aliphatic rings. The smallest absolute Gasteiger partial charge is 0.247 e. The van der Waals surface area contributed by atoms with Gasteiger partial charge in [0.25, 0.3) is 0 Å². The number of hydrogen-bond donors (Lipinski definition) is 0. The topological polar surface area (TPSA) is 0 Å². The number of alkyl halides is 8. The van der Waals surface area contributed by atoms with E-state index in [0.29, 0.717) is 0 Å². The van der Waals surface area contributed by atoms with Crippen molar-refractivity contribution in [1.82, 2.24) is 0 Å². The Morgan fingerprint density at radius 2 is 1.21 bits per heavy atom. The maximum absolute atomic E-state index is 12.6. The van der Waals surface area contributed by atoms with Gasteiger partial charge < -0.3 is 0 Å². The third kappa shape index (κ3) is 2.27. The zero-order valence-corrected chi connectivity index (χ0v) is 6.59. The first kappa shape index (κ1) is 13.4. The van der Waals surface area contributed by atoms with E-state index in [1.165, 1.54) is 0 Å². The molecule has 0 aromatic carbocycles. The number of rotatable bonds is 5. The van der Waals surface area contributed by atoms with E-state index < -0.39 is 37.5 Å². The third-order valence-electron chi connectivity index (χ3n) is 1.53. The van der Waals surface area contributed by atoms with E-state index in [2.05, 4.69) is 0 Å². The lowest BCUT2D eigenvalue weighted by Crippen LogP contribution is -2.53. The molecule has 0 spiro atoms. The van der Waals surface area contributed by atoms with Gasteiger partial charge in [-0.15, -0.1) is 0 Å². The standard InChI is InChI=1S/C6H6F8/c7-1-5(12,2-8)3(9)6(13,14)4(10)11/h3-4H,1-2H2. The molecule has 0 heterocycles. The van der Waals surface area contributed by atoms with Gasteiger partial charge >= 0.3 is 12.3 Å². The van der Waals surface area contributed by atoms with Crippen molar-refractivity contribution in [1.29, 1.82) is 0 Å². The monoisotopic (exact) mass is 230 g/mol. The molecule has 0 bridgehead atoms. The molecule has 0 aliphatic heterocycles. The molecule has 0 N–H and O–H groups in total. The van der Waals surface area contributed by atoms with Crippen molar-refractivity contribution in [2.45, 2.75) is 24.2 Å². The van der Waals surface area contributed by atoms with Crippen molar-refractivity contribution in [3.05, 3.63) is 0 Å². The summed E-state index contributed by atoms with van der Waals surface area (Å²) in [6, 6.07) is 0. The maximum Gasteiger partial charge on any atom is 0.341 e. The molecule has 8 heteroatoms. The van der Waals surface area contributed by atoms with Crippen molar-refractivity contribution in [2.75, 3.05) is 13.3 Å². The third-order valence-corrected chi connectivity index (χ3v) is 1.53. The van der Waals surface area contributed by atoms with Crippen LogP contribution in [0.15, 0.2) is 0 Å². The van der Waals surface area contributed by atoms with Gasteiger partial charge in [-0.3, -0.25) is 0 Å². The first-order valence-corrected chi connectivity index (χ1v) is 3.33. The Balaban J connectivity index is 4.82. The maximum atomic E-state index is 12.6. The Kier molecular flexibility index (Phi) is 4.14. The van der Waals surface area contributed by atoms with Crippen LogP contribution in [0.3, 0.4) is 0 Å². The fraction of sp³-hybridized carbons (Fsp3) is 1.00. The summed E-state index contributed by atoms with van der Waals surface area (Å²) < 4.78 is 95.4. The molecule has 1 unspecified atom stereocenters. The normalized spacial score (nSPS) is 16.1. The van der Waals surface area contributed by atoms with E-state index in [9.17, 15) is 35.1 Å². The summed E-state index contributed by atoms with van der Waals surface area (Å²) in [4.78, 5) is 0. The molecule has 0 amide bonds. The van der Waals surface area contributed by atoms with Crippen LogP contribution in [-0.2, 0) is 0 Å². The van der Waals surface area contributed by atoms with E-state index in [1.807, 2.05) is 0 Å². The predicted molar refractivity (Wildman–Crippen MR) is 31.6 cm³/mol. The molecule has 0 aromatic rings. The average molecular weight is 230 g/mol. The van der Waals surface area contributed by atoms with Crippen molar-refractivity contribution < 1.29 is 35.1 Å². The lowest BCUT2D eigenvalue weighted by atomic mass is 9.98. The molecule has 0 radical (unpaired) electrons. The van der Waals surface area contributed by atoms with Crippen molar-refractivity contribution >= 4 is 0 Å². The lowest BCUT2D eigenvalue weighted by molar-refractivity contribution is -0.208. The van der Waals surface area contributed by atoms with Crippen LogP contribution in [0.2, 0.25) is 0 Å². The Morgan fingerprint density at radius 1 is 0.857 bits per heavy atom. The quantitative estimate of drug-likeness (QED) is 0.637. The Morgan fingerprint density at radius 3 is 1.43 bits per heavy atom. The van der Waals surface area contributed by atoms with Crippen LogP contribution < -0.4 is 0 Å². The van der Waals surface area contributed by atoms with Gasteiger partial charge in [-0.2, -0.15) is 8.78 Å². The highest BCUT2D eigenvalue weighted by molar-refractivity contribution is 4.96. The second-order valence-electron chi connectivity index (χ2n) is 2.64. The zero-order valence-electron chi connectivity index (χ0n) is 6.59. The molecule has 0 fully saturated rings. The molecule has 0 saturated heterocycles. The van der Waals surface area contributed by atoms with Crippen LogP contribution >= 0.6 is 0 Å². The van der Waals surface area contributed by atoms with E-state index in [-0.39, 0.29) is 0 Å². The summed E-state index contributed by atoms with van der Waals surface area (Å²) in [6.07, 6.45) is -8.74. The summed E-state index contributed by atoms with van der Waals surface area (Å²) in [7, 11) is 0. The van der Waals surface area contributed by atoms with Crippen molar-refractivity contribution in [2.24, 2.45) is 0 Å². The predicted octanol–water partition coefficient (Wildman–Crippen LogP) is 2.87. The minimum atomic E-state index is -5.41. The minimum absolute atomic E-state index is 2.44. The van der Waals surface area contributed by atoms with Crippen LogP contribution in [0.5, 0.6) is 0 Å². The second kappa shape index (κ2) is 4.31. The van der Waals surface area contributed by atoms with Crippen LogP contribution in [0.25, 0.3) is 0 Å². The van der Waals surface area contributed by atoms with E-state index in [4.69, 9.17) is 0 Å². The van der Waals surface area contributed by atoms with Gasteiger partial charge in [-0.05, 0) is 0 Å². The molecule has 86 valence electrons. The molecule has 14 heavy (non-hydrogen) atoms. The van der Waals surface area contributed by atoms with Gasteiger partial charge in [0.1, 0.15) is 13.3 Å². The van der Waals surface area contributed by atoms with Crippen LogP contribution in [0.1, 0.15) is 0 Å². The van der Waals surface area contributed by atoms with Crippen LogP contribution in [-0.4, -0.2) is 37.5 Å². The zero-order chi connectivity index (χ0) is 11.6. The van der Waals surface area contributed by atoms with E-state index in [0.717, 1.165) is 0 Å². The summed E-state index contributed by atoms with van der Waals surface area (Å²) >= 11 is 0. The largest absolute Gasteiger partial charge is 0.341 e. The average Bonchev–Trinajstić information content (AvgIpc) is 2.15. The molecule has 1 atom stereocenters. The van der Waals surface area contributed by atoms with Crippen molar-refractivity contribution in [3.8, 4) is 0 Å². The van der Waals surface area contributed by atoms with Gasteiger partial charge in [-0.1, -0.05) is 0 Å². The molecule has 0 saturated carbocycles. The first-order valence-electron chi connectivity index (χ1n) is 3.33. The molecule has 0 aromatic heterocycles. The fourth-order valence-corrected chi connectivity index (χ4v) is 0.627. The Hall–Kier alpha value is -0.560. The minimum Gasteiger partial charge on any atom is -0.247 e. The molecule has 0 nitrogen and oxygen atoms in total. The Labute approximate surface area is 73.9 Å². The number of hydrogen-bond acceptors (Lipinski definition) is 0. The SMILES string of the molecule is FCC(F)(CF)C(F)C(F)(F)C(F)F. The highest BCUT2D eigenvalue weighted by Crippen LogP contribution is 2.37. The van der Waals surface area contributed by atoms with Gasteiger partial charge in [0.15, 0.2) is 0 Å². The lowest BCUT2D eigenvalue weighted by Gasteiger charge is -2.28. The van der Waals surface area contributed by atoms with Gasteiger partial charge in [0, 0.05) is 0 Å². The first-order chi connectivity index (χ1) is 6.22. The Bertz CT molecular complexity index is 170. The number of halogens is 8. The van der Waals surface area contributed by atoms with Crippen LogP contribution in [0.4, 0.5) is 35.1 Å². The van der Waals surface area contributed by atoms with Gasteiger partial charge in [0.2, 0.25) is 11.8 Å². The molecular weight excluding hydrogens is 224 g/mol. The van der Waals surface area contributed by atoms with Crippen LogP contribution in [0, 0.1) is 0 Å². The van der Waals surface area contributed by atoms with Gasteiger partial charge in [0.05, 0.1) is 0 Å². The highest BCUT2D eigenvalue weighted by atomic mass is 19.3. The fourth-order valence-electron chi connectivity index (χ4n) is 0.627. The van der Waals surface area contributed by atoms with Crippen molar-refractivity contribution in [3.63, 3.8) is 0 Å². The summed E-state index contributed by atoms with van der Waals surface area (Å²) in [5.74, 6) is -5.41. The summed E-state index contributed by atoms with van der Waals surface area (Å²) in [5, 5.41) is 0. The highest BCUT2D eigenvalue weighted by Gasteiger charge is 2.60. The second-order valence-corrected chi connectivity index (χ2v) is 2.64. The molecule has 0 aliphatic carbocycles. The molecule has 0 rings (SSSR count).